The van der Waals surface area contributed by atoms with E-state index in [-0.39, 0.29) is 27.3 Å². The molecular formula is C12H12O6S2. The van der Waals surface area contributed by atoms with Crippen LogP contribution in [0.1, 0.15) is 22.8 Å². The Labute approximate surface area is 116 Å². The van der Waals surface area contributed by atoms with Crippen molar-refractivity contribution in [3.63, 3.8) is 0 Å². The van der Waals surface area contributed by atoms with Crippen LogP contribution in [0.25, 0.3) is 5.57 Å². The van der Waals surface area contributed by atoms with Crippen LogP contribution in [0.5, 0.6) is 0 Å². The zero-order chi connectivity index (χ0) is 15.1. The number of carboxylic acid groups (broad SMARTS) is 1. The minimum Gasteiger partial charge on any atom is -0.478 e. The van der Waals surface area contributed by atoms with Gasteiger partial charge in [0.25, 0.3) is 0 Å². The predicted octanol–water partition coefficient (Wildman–Crippen LogP) is 0.948. The van der Waals surface area contributed by atoms with Gasteiger partial charge in [0.1, 0.15) is 0 Å². The fourth-order valence-electron chi connectivity index (χ4n) is 2.03. The van der Waals surface area contributed by atoms with E-state index in [9.17, 15) is 21.6 Å². The first-order valence-corrected chi connectivity index (χ1v) is 9.07. The van der Waals surface area contributed by atoms with Crippen molar-refractivity contribution < 1.29 is 26.7 Å². The molecule has 1 N–H and O–H groups in total. The molecule has 1 heterocycles. The molecule has 0 spiro atoms. The minimum atomic E-state index is -3.92. The van der Waals surface area contributed by atoms with Gasteiger partial charge in [-0.05, 0) is 17.2 Å². The summed E-state index contributed by atoms with van der Waals surface area (Å²) in [6, 6.07) is 4.00. The fraction of sp³-hybridized carbons (Fsp3) is 0.250. The molecule has 0 fully saturated rings. The minimum absolute atomic E-state index is 0.113. The van der Waals surface area contributed by atoms with Gasteiger partial charge in [-0.2, -0.15) is 0 Å². The number of aromatic carboxylic acids is 1. The van der Waals surface area contributed by atoms with Crippen molar-refractivity contribution in [2.24, 2.45) is 0 Å². The van der Waals surface area contributed by atoms with Crippen LogP contribution in [-0.2, 0) is 19.7 Å². The second kappa shape index (κ2) is 4.71. The van der Waals surface area contributed by atoms with Crippen molar-refractivity contribution in [3.05, 3.63) is 34.7 Å². The lowest BCUT2D eigenvalue weighted by molar-refractivity contribution is 0.0692. The summed E-state index contributed by atoms with van der Waals surface area (Å²) in [6.07, 6.45) is 0. The molecule has 0 saturated carbocycles. The SMILES string of the molecule is CCS(=O)(=O)CC1=CS(=O)(=O)c2c(C(=O)O)cccc21. The maximum absolute atomic E-state index is 12.0. The molecule has 0 radical (unpaired) electrons. The van der Waals surface area contributed by atoms with Crippen molar-refractivity contribution in [2.75, 3.05) is 11.5 Å². The summed E-state index contributed by atoms with van der Waals surface area (Å²) in [4.78, 5) is 10.8. The highest BCUT2D eigenvalue weighted by Crippen LogP contribution is 2.36. The number of fused-ring (bicyclic) bond motifs is 1. The molecule has 6 nitrogen and oxygen atoms in total. The van der Waals surface area contributed by atoms with E-state index in [0.717, 1.165) is 5.41 Å². The first-order valence-electron chi connectivity index (χ1n) is 5.70. The van der Waals surface area contributed by atoms with Crippen molar-refractivity contribution in [2.45, 2.75) is 11.8 Å². The number of carboxylic acids is 1. The third-order valence-electron chi connectivity index (χ3n) is 2.99. The van der Waals surface area contributed by atoms with E-state index in [2.05, 4.69) is 0 Å². The van der Waals surface area contributed by atoms with Crippen LogP contribution < -0.4 is 0 Å². The standard InChI is InChI=1S/C12H12O6S2/c1-2-19(15,16)6-8-7-20(17,18)11-9(8)4-3-5-10(11)12(13)14/h3-5,7H,2,6H2,1H3,(H,13,14). The Kier molecular flexibility index (Phi) is 3.47. The molecule has 0 atom stereocenters. The number of benzene rings is 1. The Morgan fingerprint density at radius 2 is 1.95 bits per heavy atom. The van der Waals surface area contributed by atoms with Gasteiger partial charge < -0.3 is 5.11 Å². The first-order chi connectivity index (χ1) is 9.18. The van der Waals surface area contributed by atoms with Gasteiger partial charge in [0.2, 0.25) is 9.84 Å². The monoisotopic (exact) mass is 316 g/mol. The van der Waals surface area contributed by atoms with Crippen LogP contribution in [0, 0.1) is 0 Å². The molecule has 1 aromatic carbocycles. The molecule has 1 aliphatic rings. The van der Waals surface area contributed by atoms with E-state index in [4.69, 9.17) is 5.11 Å². The summed E-state index contributed by atoms with van der Waals surface area (Å²) in [7, 11) is -7.33. The van der Waals surface area contributed by atoms with Crippen LogP contribution >= 0.6 is 0 Å². The Morgan fingerprint density at radius 3 is 2.50 bits per heavy atom. The molecule has 2 rings (SSSR count). The fourth-order valence-corrected chi connectivity index (χ4v) is 4.72. The summed E-state index contributed by atoms with van der Waals surface area (Å²) < 4.78 is 47.3. The Balaban J connectivity index is 2.66. The summed E-state index contributed by atoms with van der Waals surface area (Å²) in [5.74, 6) is -1.89. The number of hydrogen-bond donors (Lipinski definition) is 1. The highest BCUT2D eigenvalue weighted by Gasteiger charge is 2.33. The number of sulfone groups is 2. The average Bonchev–Trinajstić information content (AvgIpc) is 2.60. The lowest BCUT2D eigenvalue weighted by atomic mass is 10.1. The molecule has 8 heteroatoms. The highest BCUT2D eigenvalue weighted by atomic mass is 32.2. The van der Waals surface area contributed by atoms with Crippen molar-refractivity contribution in [1.29, 1.82) is 0 Å². The van der Waals surface area contributed by atoms with E-state index in [1.54, 1.807) is 0 Å². The zero-order valence-electron chi connectivity index (χ0n) is 10.5. The number of carbonyl (C=O) groups is 1. The van der Waals surface area contributed by atoms with Gasteiger partial charge >= 0.3 is 5.97 Å². The van der Waals surface area contributed by atoms with E-state index in [1.807, 2.05) is 0 Å². The largest absolute Gasteiger partial charge is 0.478 e. The van der Waals surface area contributed by atoms with Crippen LogP contribution in [0.15, 0.2) is 28.5 Å². The zero-order valence-corrected chi connectivity index (χ0v) is 12.2. The summed E-state index contributed by atoms with van der Waals surface area (Å²) in [6.45, 7) is 1.47. The normalized spacial score (nSPS) is 16.6. The Hall–Kier alpha value is -1.67. The maximum atomic E-state index is 12.0. The quantitative estimate of drug-likeness (QED) is 0.886. The van der Waals surface area contributed by atoms with Crippen LogP contribution in [-0.4, -0.2) is 39.4 Å². The second-order valence-electron chi connectivity index (χ2n) is 4.35. The molecule has 108 valence electrons. The molecular weight excluding hydrogens is 304 g/mol. The van der Waals surface area contributed by atoms with Crippen molar-refractivity contribution in [1.82, 2.24) is 0 Å². The van der Waals surface area contributed by atoms with Crippen molar-refractivity contribution >= 4 is 31.2 Å². The van der Waals surface area contributed by atoms with Gasteiger partial charge in [0, 0.05) is 11.2 Å². The highest BCUT2D eigenvalue weighted by molar-refractivity contribution is 7.95. The third kappa shape index (κ3) is 2.48. The van der Waals surface area contributed by atoms with E-state index in [1.165, 1.54) is 25.1 Å². The molecule has 1 aromatic rings. The molecule has 1 aliphatic heterocycles. The van der Waals surface area contributed by atoms with Crippen LogP contribution in [0.3, 0.4) is 0 Å². The molecule has 0 amide bonds. The third-order valence-corrected chi connectivity index (χ3v) is 6.22. The van der Waals surface area contributed by atoms with Gasteiger partial charge in [-0.1, -0.05) is 19.1 Å². The van der Waals surface area contributed by atoms with Crippen LogP contribution in [0.4, 0.5) is 0 Å². The van der Waals surface area contributed by atoms with Gasteiger partial charge in [-0.15, -0.1) is 0 Å². The first kappa shape index (κ1) is 14.7. The number of hydrogen-bond acceptors (Lipinski definition) is 5. The lowest BCUT2D eigenvalue weighted by Gasteiger charge is -2.06. The maximum Gasteiger partial charge on any atom is 0.337 e. The van der Waals surface area contributed by atoms with Crippen molar-refractivity contribution in [3.8, 4) is 0 Å². The molecule has 0 unspecified atom stereocenters. The van der Waals surface area contributed by atoms with Gasteiger partial charge in [0.15, 0.2) is 9.84 Å². The second-order valence-corrected chi connectivity index (χ2v) is 8.44. The van der Waals surface area contributed by atoms with Crippen LogP contribution in [0.2, 0.25) is 0 Å². The summed E-state index contributed by atoms with van der Waals surface area (Å²) in [5.41, 5.74) is -0.0745. The van der Waals surface area contributed by atoms with E-state index >= 15 is 0 Å². The molecule has 0 saturated heterocycles. The molecule has 20 heavy (non-hydrogen) atoms. The Bertz CT molecular complexity index is 816. The van der Waals surface area contributed by atoms with Gasteiger partial charge in [0.05, 0.1) is 16.2 Å². The summed E-state index contributed by atoms with van der Waals surface area (Å²) in [5, 5.41) is 9.88. The van der Waals surface area contributed by atoms with E-state index in [0.29, 0.717) is 0 Å². The van der Waals surface area contributed by atoms with Gasteiger partial charge in [-0.25, -0.2) is 21.6 Å². The number of rotatable bonds is 4. The summed E-state index contributed by atoms with van der Waals surface area (Å²) >= 11 is 0. The smallest absolute Gasteiger partial charge is 0.337 e. The lowest BCUT2D eigenvalue weighted by Crippen LogP contribution is -2.10. The average molecular weight is 316 g/mol. The molecule has 0 aromatic heterocycles. The Morgan fingerprint density at radius 1 is 1.30 bits per heavy atom. The van der Waals surface area contributed by atoms with Gasteiger partial charge in [-0.3, -0.25) is 0 Å². The van der Waals surface area contributed by atoms with E-state index < -0.39 is 31.4 Å². The predicted molar refractivity (Wildman–Crippen MR) is 72.9 cm³/mol. The molecule has 0 aliphatic carbocycles. The topological polar surface area (TPSA) is 106 Å². The molecule has 0 bridgehead atoms.